The van der Waals surface area contributed by atoms with Crippen molar-refractivity contribution in [3.05, 3.63) is 0 Å². The third-order valence-electron chi connectivity index (χ3n) is 2.38. The van der Waals surface area contributed by atoms with Gasteiger partial charge in [-0.2, -0.15) is 11.8 Å². The lowest BCUT2D eigenvalue weighted by atomic mass is 10.0. The van der Waals surface area contributed by atoms with Crippen LogP contribution in [0.3, 0.4) is 0 Å². The van der Waals surface area contributed by atoms with Gasteiger partial charge < -0.3 is 10.1 Å². The second-order valence-electron chi connectivity index (χ2n) is 3.41. The van der Waals surface area contributed by atoms with Crippen molar-refractivity contribution >= 4 is 17.9 Å². The second kappa shape index (κ2) is 3.56. The van der Waals surface area contributed by atoms with Gasteiger partial charge in [-0.15, -0.1) is 0 Å². The molecule has 68 valence electrons. The van der Waals surface area contributed by atoms with Crippen LogP contribution in [0.15, 0.2) is 0 Å². The summed E-state index contributed by atoms with van der Waals surface area (Å²) in [5.74, 6) is 3.33. The largest absolute Gasteiger partial charge is 0.447 e. The van der Waals surface area contributed by atoms with Gasteiger partial charge in [-0.3, -0.25) is 0 Å². The Balaban J connectivity index is 1.75. The van der Waals surface area contributed by atoms with Gasteiger partial charge in [-0.25, -0.2) is 4.79 Å². The molecule has 0 bridgehead atoms. The van der Waals surface area contributed by atoms with E-state index in [1.165, 1.54) is 17.9 Å². The summed E-state index contributed by atoms with van der Waals surface area (Å²) in [5.41, 5.74) is 0. The van der Waals surface area contributed by atoms with Crippen molar-refractivity contribution in [2.75, 3.05) is 18.1 Å². The molecule has 3 nitrogen and oxygen atoms in total. The molecular formula is C8H13NO2S. The quantitative estimate of drug-likeness (QED) is 0.706. The summed E-state index contributed by atoms with van der Waals surface area (Å²) in [6.07, 6.45) is 2.15. The first-order valence-corrected chi connectivity index (χ1v) is 5.51. The van der Waals surface area contributed by atoms with E-state index in [2.05, 4.69) is 5.32 Å². The molecule has 0 spiro atoms. The third-order valence-corrected chi connectivity index (χ3v) is 3.61. The summed E-state index contributed by atoms with van der Waals surface area (Å²) in [7, 11) is 0. The van der Waals surface area contributed by atoms with Crippen molar-refractivity contribution in [3.8, 4) is 0 Å². The van der Waals surface area contributed by atoms with E-state index in [1.54, 1.807) is 0 Å². The van der Waals surface area contributed by atoms with Crippen LogP contribution in [-0.2, 0) is 4.74 Å². The molecule has 0 saturated carbocycles. The summed E-state index contributed by atoms with van der Waals surface area (Å²) < 4.78 is 4.82. The molecule has 0 aliphatic carbocycles. The van der Waals surface area contributed by atoms with Gasteiger partial charge in [-0.1, -0.05) is 0 Å². The zero-order valence-corrected chi connectivity index (χ0v) is 7.73. The molecule has 0 aromatic carbocycles. The van der Waals surface area contributed by atoms with Crippen LogP contribution in [0.5, 0.6) is 0 Å². The Morgan fingerprint density at radius 2 is 2.58 bits per heavy atom. The van der Waals surface area contributed by atoms with E-state index >= 15 is 0 Å². The highest BCUT2D eigenvalue weighted by atomic mass is 32.2. The lowest BCUT2D eigenvalue weighted by molar-refractivity contribution is 0.176. The highest BCUT2D eigenvalue weighted by molar-refractivity contribution is 7.99. The zero-order chi connectivity index (χ0) is 8.39. The van der Waals surface area contributed by atoms with Crippen molar-refractivity contribution in [1.29, 1.82) is 0 Å². The van der Waals surface area contributed by atoms with Gasteiger partial charge in [0.15, 0.2) is 0 Å². The van der Waals surface area contributed by atoms with E-state index in [4.69, 9.17) is 4.74 Å². The minimum absolute atomic E-state index is 0.245. The lowest BCUT2D eigenvalue weighted by Crippen LogP contribution is -2.28. The molecule has 0 radical (unpaired) electrons. The van der Waals surface area contributed by atoms with Gasteiger partial charge in [0.2, 0.25) is 0 Å². The number of nitrogens with one attached hydrogen (secondary N) is 1. The van der Waals surface area contributed by atoms with Crippen LogP contribution in [0.4, 0.5) is 4.79 Å². The maximum absolute atomic E-state index is 10.7. The van der Waals surface area contributed by atoms with Gasteiger partial charge >= 0.3 is 6.09 Å². The maximum atomic E-state index is 10.7. The fourth-order valence-electron chi connectivity index (χ4n) is 1.72. The number of thioether (sulfide) groups is 1. The van der Waals surface area contributed by atoms with Crippen molar-refractivity contribution in [2.45, 2.75) is 18.9 Å². The number of hydrogen-bond acceptors (Lipinski definition) is 3. The average Bonchev–Trinajstić information content (AvgIpc) is 2.63. The number of alkyl carbamates (subject to hydrolysis) is 1. The van der Waals surface area contributed by atoms with Crippen LogP contribution in [0, 0.1) is 5.92 Å². The molecule has 2 atom stereocenters. The Labute approximate surface area is 76.2 Å². The highest BCUT2D eigenvalue weighted by Crippen LogP contribution is 2.27. The summed E-state index contributed by atoms with van der Waals surface area (Å²) in [6.45, 7) is 0.569. The van der Waals surface area contributed by atoms with E-state index in [0.29, 0.717) is 6.61 Å². The molecule has 12 heavy (non-hydrogen) atoms. The van der Waals surface area contributed by atoms with Crippen LogP contribution in [-0.4, -0.2) is 30.2 Å². The summed E-state index contributed by atoms with van der Waals surface area (Å²) in [5, 5.41) is 2.81. The lowest BCUT2D eigenvalue weighted by Gasteiger charge is -2.11. The number of rotatable bonds is 2. The minimum Gasteiger partial charge on any atom is -0.447 e. The normalized spacial score (nSPS) is 34.8. The molecular weight excluding hydrogens is 174 g/mol. The van der Waals surface area contributed by atoms with E-state index in [9.17, 15) is 4.79 Å². The van der Waals surface area contributed by atoms with Crippen LogP contribution in [0.2, 0.25) is 0 Å². The molecule has 2 unspecified atom stereocenters. The van der Waals surface area contributed by atoms with Crippen molar-refractivity contribution in [2.24, 2.45) is 5.92 Å². The molecule has 2 heterocycles. The highest BCUT2D eigenvalue weighted by Gasteiger charge is 2.26. The fraction of sp³-hybridized carbons (Fsp3) is 0.875. The standard InChI is InChI=1S/C8H13NO2S/c10-8-9-7(4-11-8)3-6-1-2-12-5-6/h6-7H,1-5H2,(H,9,10). The van der Waals surface area contributed by atoms with E-state index in [0.717, 1.165) is 12.3 Å². The molecule has 2 aliphatic rings. The van der Waals surface area contributed by atoms with Gasteiger partial charge in [-0.05, 0) is 30.3 Å². The molecule has 1 amide bonds. The first-order valence-electron chi connectivity index (χ1n) is 4.35. The Hall–Kier alpha value is -0.380. The van der Waals surface area contributed by atoms with Crippen LogP contribution in [0.1, 0.15) is 12.8 Å². The molecule has 2 aliphatic heterocycles. The van der Waals surface area contributed by atoms with Crippen LogP contribution >= 0.6 is 11.8 Å². The Morgan fingerprint density at radius 1 is 1.67 bits per heavy atom. The SMILES string of the molecule is O=C1NC(CC2CCSC2)CO1. The number of hydrogen-bond donors (Lipinski definition) is 1. The zero-order valence-electron chi connectivity index (χ0n) is 6.91. The first-order chi connectivity index (χ1) is 5.84. The number of amides is 1. The molecule has 2 rings (SSSR count). The Bertz CT molecular complexity index is 180. The number of carbonyl (C=O) groups excluding carboxylic acids is 1. The Morgan fingerprint density at radius 3 is 3.17 bits per heavy atom. The van der Waals surface area contributed by atoms with E-state index < -0.39 is 0 Å². The van der Waals surface area contributed by atoms with E-state index in [-0.39, 0.29) is 12.1 Å². The predicted octanol–water partition coefficient (Wildman–Crippen LogP) is 1.24. The molecule has 1 N–H and O–H groups in total. The molecule has 2 fully saturated rings. The number of carbonyl (C=O) groups is 1. The average molecular weight is 187 g/mol. The topological polar surface area (TPSA) is 38.3 Å². The summed E-state index contributed by atoms with van der Waals surface area (Å²) in [6, 6.07) is 0.279. The monoisotopic (exact) mass is 187 g/mol. The molecule has 2 saturated heterocycles. The number of cyclic esters (lactones) is 1. The predicted molar refractivity (Wildman–Crippen MR) is 48.3 cm³/mol. The summed E-state index contributed by atoms with van der Waals surface area (Å²) in [4.78, 5) is 10.7. The smallest absolute Gasteiger partial charge is 0.407 e. The molecule has 0 aromatic heterocycles. The van der Waals surface area contributed by atoms with Crippen LogP contribution < -0.4 is 5.32 Å². The van der Waals surface area contributed by atoms with Crippen molar-refractivity contribution in [3.63, 3.8) is 0 Å². The van der Waals surface area contributed by atoms with Crippen LogP contribution in [0.25, 0.3) is 0 Å². The number of ether oxygens (including phenoxy) is 1. The molecule has 0 aromatic rings. The van der Waals surface area contributed by atoms with Gasteiger partial charge in [0.25, 0.3) is 0 Å². The fourth-order valence-corrected chi connectivity index (χ4v) is 3.03. The minimum atomic E-state index is -0.245. The van der Waals surface area contributed by atoms with Gasteiger partial charge in [0.05, 0.1) is 6.04 Å². The third kappa shape index (κ3) is 1.86. The summed E-state index contributed by atoms with van der Waals surface area (Å²) >= 11 is 2.01. The second-order valence-corrected chi connectivity index (χ2v) is 4.55. The Kier molecular flexibility index (Phi) is 2.44. The first kappa shape index (κ1) is 8.23. The molecule has 4 heteroatoms. The van der Waals surface area contributed by atoms with Crippen molar-refractivity contribution in [1.82, 2.24) is 5.32 Å². The maximum Gasteiger partial charge on any atom is 0.407 e. The van der Waals surface area contributed by atoms with Gasteiger partial charge in [0, 0.05) is 0 Å². The van der Waals surface area contributed by atoms with Gasteiger partial charge in [0.1, 0.15) is 6.61 Å². The van der Waals surface area contributed by atoms with E-state index in [1.807, 2.05) is 11.8 Å². The van der Waals surface area contributed by atoms with Crippen molar-refractivity contribution < 1.29 is 9.53 Å².